The normalized spacial score (nSPS) is 12.2. The topological polar surface area (TPSA) is 77.6 Å². The van der Waals surface area contributed by atoms with Crippen molar-refractivity contribution in [1.29, 1.82) is 5.41 Å². The maximum atomic E-state index is 13.2. The van der Waals surface area contributed by atoms with Crippen LogP contribution in [0.15, 0.2) is 36.4 Å². The number of ether oxygens (including phenoxy) is 3. The van der Waals surface area contributed by atoms with Crippen molar-refractivity contribution in [3.63, 3.8) is 0 Å². The number of hydrogen-bond donors (Lipinski definition) is 2. The third kappa shape index (κ3) is 2.74. The summed E-state index contributed by atoms with van der Waals surface area (Å²) in [6, 6.07) is 9.37. The quantitative estimate of drug-likeness (QED) is 0.669. The fraction of sp³-hybridized carbons (Fsp3) is 0.133. The number of hydrogen-bond acceptors (Lipinski definition) is 4. The lowest BCUT2D eigenvalue weighted by molar-refractivity contribution is 0.174. The van der Waals surface area contributed by atoms with Gasteiger partial charge in [0.15, 0.2) is 11.5 Å². The van der Waals surface area contributed by atoms with E-state index in [4.69, 9.17) is 25.4 Å². The lowest BCUT2D eigenvalue weighted by Gasteiger charge is -2.11. The van der Waals surface area contributed by atoms with E-state index in [1.54, 1.807) is 6.07 Å². The minimum Gasteiger partial charge on any atom is -0.488 e. The smallest absolute Gasteiger partial charge is 0.231 e. The number of amidine groups is 1. The Labute approximate surface area is 120 Å². The Hall–Kier alpha value is -2.76. The fourth-order valence-corrected chi connectivity index (χ4v) is 2.03. The van der Waals surface area contributed by atoms with E-state index < -0.39 is 5.82 Å². The molecule has 6 heteroatoms. The van der Waals surface area contributed by atoms with E-state index >= 15 is 0 Å². The lowest BCUT2D eigenvalue weighted by atomic mass is 10.1. The first-order chi connectivity index (χ1) is 10.1. The molecule has 0 radical (unpaired) electrons. The zero-order valence-electron chi connectivity index (χ0n) is 11.1. The second-order valence-corrected chi connectivity index (χ2v) is 4.53. The van der Waals surface area contributed by atoms with Crippen molar-refractivity contribution in [3.05, 3.63) is 53.3 Å². The van der Waals surface area contributed by atoms with Crippen molar-refractivity contribution in [2.75, 3.05) is 6.79 Å². The number of nitrogen functional groups attached to an aromatic ring is 1. The van der Waals surface area contributed by atoms with Gasteiger partial charge in [0.25, 0.3) is 0 Å². The second-order valence-electron chi connectivity index (χ2n) is 4.53. The molecule has 0 unspecified atom stereocenters. The summed E-state index contributed by atoms with van der Waals surface area (Å²) in [4.78, 5) is 0. The Morgan fingerprint density at radius 1 is 1.19 bits per heavy atom. The van der Waals surface area contributed by atoms with Crippen LogP contribution in [0.4, 0.5) is 4.39 Å². The Morgan fingerprint density at radius 2 is 2.00 bits per heavy atom. The van der Waals surface area contributed by atoms with Crippen molar-refractivity contribution < 1.29 is 18.6 Å². The van der Waals surface area contributed by atoms with E-state index in [9.17, 15) is 4.39 Å². The van der Waals surface area contributed by atoms with Crippen molar-refractivity contribution in [2.24, 2.45) is 5.73 Å². The molecule has 0 spiro atoms. The molecule has 0 aromatic heterocycles. The van der Waals surface area contributed by atoms with Gasteiger partial charge in [-0.3, -0.25) is 5.41 Å². The van der Waals surface area contributed by atoms with Crippen LogP contribution in [-0.2, 0) is 6.61 Å². The highest BCUT2D eigenvalue weighted by Crippen LogP contribution is 2.33. The fourth-order valence-electron chi connectivity index (χ4n) is 2.03. The van der Waals surface area contributed by atoms with Crippen LogP contribution in [0.25, 0.3) is 0 Å². The van der Waals surface area contributed by atoms with Gasteiger partial charge in [-0.05, 0) is 35.9 Å². The molecule has 0 saturated heterocycles. The first-order valence-corrected chi connectivity index (χ1v) is 6.29. The van der Waals surface area contributed by atoms with E-state index in [2.05, 4.69) is 0 Å². The van der Waals surface area contributed by atoms with Gasteiger partial charge in [-0.2, -0.15) is 0 Å². The molecule has 2 aromatic carbocycles. The highest BCUT2D eigenvalue weighted by molar-refractivity contribution is 5.97. The minimum atomic E-state index is -0.462. The molecule has 1 heterocycles. The Morgan fingerprint density at radius 3 is 2.81 bits per heavy atom. The molecule has 3 N–H and O–H groups in total. The lowest BCUT2D eigenvalue weighted by Crippen LogP contribution is -2.13. The number of nitrogens with one attached hydrogen (secondary N) is 1. The maximum absolute atomic E-state index is 13.2. The highest BCUT2D eigenvalue weighted by Gasteiger charge is 2.14. The first-order valence-electron chi connectivity index (χ1n) is 6.29. The molecule has 21 heavy (non-hydrogen) atoms. The molecular weight excluding hydrogens is 275 g/mol. The molecule has 0 bridgehead atoms. The largest absolute Gasteiger partial charge is 0.488 e. The van der Waals surface area contributed by atoms with Crippen molar-refractivity contribution in [1.82, 2.24) is 0 Å². The predicted molar refractivity (Wildman–Crippen MR) is 74.3 cm³/mol. The molecule has 2 aromatic rings. The number of nitrogens with two attached hydrogens (primary N) is 1. The molecule has 108 valence electrons. The summed E-state index contributed by atoms with van der Waals surface area (Å²) < 4.78 is 29.3. The highest BCUT2D eigenvalue weighted by atomic mass is 19.1. The Bertz CT molecular complexity index is 703. The van der Waals surface area contributed by atoms with Gasteiger partial charge in [-0.15, -0.1) is 0 Å². The summed E-state index contributed by atoms with van der Waals surface area (Å²) in [6.45, 7) is 0.467. The summed E-state index contributed by atoms with van der Waals surface area (Å²) in [5.74, 6) is 1.03. The van der Waals surface area contributed by atoms with Gasteiger partial charge >= 0.3 is 0 Å². The van der Waals surface area contributed by atoms with Gasteiger partial charge in [-0.1, -0.05) is 6.07 Å². The van der Waals surface area contributed by atoms with Gasteiger partial charge in [0.1, 0.15) is 24.0 Å². The van der Waals surface area contributed by atoms with E-state index in [1.165, 1.54) is 18.2 Å². The third-order valence-corrected chi connectivity index (χ3v) is 3.06. The van der Waals surface area contributed by atoms with Crippen LogP contribution in [0.2, 0.25) is 0 Å². The van der Waals surface area contributed by atoms with E-state index in [0.29, 0.717) is 17.2 Å². The molecule has 0 atom stereocenters. The van der Waals surface area contributed by atoms with E-state index in [1.807, 2.05) is 12.1 Å². The first kappa shape index (κ1) is 13.2. The van der Waals surface area contributed by atoms with Crippen LogP contribution in [0.1, 0.15) is 11.1 Å². The van der Waals surface area contributed by atoms with Gasteiger partial charge in [0, 0.05) is 0 Å². The van der Waals surface area contributed by atoms with Gasteiger partial charge in [0.05, 0.1) is 5.56 Å². The zero-order chi connectivity index (χ0) is 14.8. The van der Waals surface area contributed by atoms with E-state index in [0.717, 1.165) is 5.56 Å². The van der Waals surface area contributed by atoms with Gasteiger partial charge < -0.3 is 19.9 Å². The van der Waals surface area contributed by atoms with Crippen LogP contribution in [-0.4, -0.2) is 12.6 Å². The van der Waals surface area contributed by atoms with Crippen molar-refractivity contribution in [3.8, 4) is 17.2 Å². The molecule has 0 fully saturated rings. The Balaban J connectivity index is 1.77. The van der Waals surface area contributed by atoms with E-state index in [-0.39, 0.29) is 24.8 Å². The molecule has 5 nitrogen and oxygen atoms in total. The summed E-state index contributed by atoms with van der Waals surface area (Å²) >= 11 is 0. The average molecular weight is 288 g/mol. The minimum absolute atomic E-state index is 0.214. The van der Waals surface area contributed by atoms with Crippen LogP contribution in [0, 0.1) is 11.2 Å². The van der Waals surface area contributed by atoms with Crippen molar-refractivity contribution in [2.45, 2.75) is 6.61 Å². The standard InChI is InChI=1S/C15H13FN2O3/c16-10-2-4-12(11(6-10)15(17)18)19-7-9-1-3-13-14(5-9)21-8-20-13/h1-6H,7-8H2,(H3,17,18). The maximum Gasteiger partial charge on any atom is 0.231 e. The van der Waals surface area contributed by atoms with Crippen LogP contribution in [0.3, 0.4) is 0 Å². The SMILES string of the molecule is N=C(N)c1cc(F)ccc1OCc1ccc2c(c1)OCO2. The Kier molecular flexibility index (Phi) is 3.35. The predicted octanol–water partition coefficient (Wildman–Crippen LogP) is 2.42. The second kappa shape index (κ2) is 5.32. The van der Waals surface area contributed by atoms with Crippen LogP contribution < -0.4 is 19.9 Å². The molecule has 0 aliphatic carbocycles. The molecule has 3 rings (SSSR count). The van der Waals surface area contributed by atoms with Gasteiger partial charge in [0.2, 0.25) is 6.79 Å². The van der Waals surface area contributed by atoms with Crippen molar-refractivity contribution >= 4 is 5.84 Å². The van der Waals surface area contributed by atoms with Crippen LogP contribution in [0.5, 0.6) is 17.2 Å². The molecular formula is C15H13FN2O3. The molecule has 1 aliphatic rings. The molecule has 1 aliphatic heterocycles. The monoisotopic (exact) mass is 288 g/mol. The zero-order valence-corrected chi connectivity index (χ0v) is 11.1. The third-order valence-electron chi connectivity index (χ3n) is 3.06. The summed E-state index contributed by atoms with van der Waals surface area (Å²) in [5, 5.41) is 7.45. The molecule has 0 saturated carbocycles. The van der Waals surface area contributed by atoms with Gasteiger partial charge in [-0.25, -0.2) is 4.39 Å². The summed E-state index contributed by atoms with van der Waals surface area (Å²) in [5.41, 5.74) is 6.53. The summed E-state index contributed by atoms with van der Waals surface area (Å²) in [7, 11) is 0. The molecule has 0 amide bonds. The number of fused-ring (bicyclic) bond motifs is 1. The number of halogens is 1. The summed E-state index contributed by atoms with van der Waals surface area (Å²) in [6.07, 6.45) is 0. The number of benzene rings is 2. The average Bonchev–Trinajstić information content (AvgIpc) is 2.93. The van der Waals surface area contributed by atoms with Crippen LogP contribution >= 0.6 is 0 Å². The number of rotatable bonds is 4.